The standard InChI is InChI=1S/C18H35NO10S/c19-5-3-1-2-4-6-30-18-15(26)16(12(23)10(8-21)28-18)29-17-14(25)13(24)11(22)9(7-20)27-17/h9-18,20-26H,1-8,19H2/t9-,10-,11-,12-,13+,14+,15+,16+,17-,18-/m1/s1. The molecule has 11 nitrogen and oxygen atoms in total. The quantitative estimate of drug-likeness (QED) is 0.145. The Morgan fingerprint density at radius 2 is 1.37 bits per heavy atom. The van der Waals surface area contributed by atoms with E-state index in [0.717, 1.165) is 25.7 Å². The number of rotatable bonds is 11. The van der Waals surface area contributed by atoms with Crippen LogP contribution in [0.1, 0.15) is 25.7 Å². The van der Waals surface area contributed by atoms with Gasteiger partial charge < -0.3 is 55.7 Å². The molecule has 2 saturated heterocycles. The average molecular weight is 458 g/mol. The van der Waals surface area contributed by atoms with Gasteiger partial charge in [0.05, 0.1) is 13.2 Å². The van der Waals surface area contributed by atoms with Crippen LogP contribution in [0.25, 0.3) is 0 Å². The van der Waals surface area contributed by atoms with Crippen LogP contribution in [-0.4, -0.2) is 122 Å². The normalized spacial score (nSPS) is 42.4. The Kier molecular flexibility index (Phi) is 11.2. The molecule has 0 radical (unpaired) electrons. The maximum absolute atomic E-state index is 10.7. The van der Waals surface area contributed by atoms with Crippen molar-refractivity contribution in [2.75, 3.05) is 25.5 Å². The van der Waals surface area contributed by atoms with Crippen molar-refractivity contribution < 1.29 is 50.0 Å². The first-order valence-corrected chi connectivity index (χ1v) is 11.3. The number of hydrogen-bond donors (Lipinski definition) is 8. The first kappa shape index (κ1) is 26.2. The Hall–Kier alpha value is -0.0900. The van der Waals surface area contributed by atoms with Gasteiger partial charge in [0, 0.05) is 0 Å². The third-order valence-electron chi connectivity index (χ3n) is 5.34. The molecule has 0 unspecified atom stereocenters. The van der Waals surface area contributed by atoms with Gasteiger partial charge in [0.25, 0.3) is 0 Å². The van der Waals surface area contributed by atoms with E-state index in [1.807, 2.05) is 0 Å². The second-order valence-electron chi connectivity index (χ2n) is 7.58. The van der Waals surface area contributed by atoms with E-state index < -0.39 is 73.8 Å². The molecule has 0 aromatic rings. The monoisotopic (exact) mass is 457 g/mol. The summed E-state index contributed by atoms with van der Waals surface area (Å²) in [4.78, 5) is 0. The molecule has 0 aromatic carbocycles. The Bertz CT molecular complexity index is 490. The number of unbranched alkanes of at least 4 members (excludes halogenated alkanes) is 3. The third-order valence-corrected chi connectivity index (χ3v) is 6.58. The fourth-order valence-electron chi connectivity index (χ4n) is 3.49. The molecule has 2 aliphatic rings. The predicted octanol–water partition coefficient (Wildman–Crippen LogP) is -3.14. The van der Waals surface area contributed by atoms with Gasteiger partial charge in [-0.15, -0.1) is 11.8 Å². The average Bonchev–Trinajstić information content (AvgIpc) is 2.74. The van der Waals surface area contributed by atoms with E-state index in [1.165, 1.54) is 11.8 Å². The van der Waals surface area contributed by atoms with Gasteiger partial charge in [-0.2, -0.15) is 0 Å². The molecule has 0 bridgehead atoms. The van der Waals surface area contributed by atoms with E-state index in [0.29, 0.717) is 12.3 Å². The molecule has 2 fully saturated rings. The van der Waals surface area contributed by atoms with Crippen molar-refractivity contribution in [3.63, 3.8) is 0 Å². The zero-order valence-electron chi connectivity index (χ0n) is 16.8. The first-order chi connectivity index (χ1) is 14.3. The SMILES string of the molecule is NCCCCCCS[C@H]1O[C@H](CO)[C@@H](O)[C@H](O[C@H]2O[C@H](CO)[C@@H](O)[C@H](O)[C@@H]2O)[C@@H]1O. The van der Waals surface area contributed by atoms with Gasteiger partial charge >= 0.3 is 0 Å². The molecular formula is C18H35NO10S. The lowest BCUT2D eigenvalue weighted by molar-refractivity contribution is -0.337. The largest absolute Gasteiger partial charge is 0.394 e. The van der Waals surface area contributed by atoms with Crippen molar-refractivity contribution in [3.8, 4) is 0 Å². The number of aliphatic hydroxyl groups excluding tert-OH is 7. The van der Waals surface area contributed by atoms with Crippen molar-refractivity contribution in [2.45, 2.75) is 86.2 Å². The minimum absolute atomic E-state index is 0.518. The summed E-state index contributed by atoms with van der Waals surface area (Å²) in [6, 6.07) is 0. The smallest absolute Gasteiger partial charge is 0.187 e. The Labute approximate surface area is 179 Å². The molecule has 2 heterocycles. The fraction of sp³-hybridized carbons (Fsp3) is 1.00. The van der Waals surface area contributed by atoms with E-state index in [1.54, 1.807) is 0 Å². The van der Waals surface area contributed by atoms with Gasteiger partial charge in [0.2, 0.25) is 0 Å². The Morgan fingerprint density at radius 3 is 2.00 bits per heavy atom. The van der Waals surface area contributed by atoms with Crippen LogP contribution in [0, 0.1) is 0 Å². The number of aliphatic hydroxyl groups is 7. The van der Waals surface area contributed by atoms with E-state index in [4.69, 9.17) is 19.9 Å². The third kappa shape index (κ3) is 6.47. The molecule has 0 spiro atoms. The highest BCUT2D eigenvalue weighted by molar-refractivity contribution is 7.99. The molecule has 0 aromatic heterocycles. The molecule has 2 rings (SSSR count). The minimum Gasteiger partial charge on any atom is -0.394 e. The maximum Gasteiger partial charge on any atom is 0.187 e. The van der Waals surface area contributed by atoms with Crippen LogP contribution in [0.5, 0.6) is 0 Å². The molecule has 0 amide bonds. The molecule has 30 heavy (non-hydrogen) atoms. The molecule has 12 heteroatoms. The van der Waals surface area contributed by atoms with Gasteiger partial charge in [-0.1, -0.05) is 12.8 Å². The van der Waals surface area contributed by atoms with Crippen LogP contribution < -0.4 is 5.73 Å². The predicted molar refractivity (Wildman–Crippen MR) is 106 cm³/mol. The topological polar surface area (TPSA) is 195 Å². The van der Waals surface area contributed by atoms with E-state index >= 15 is 0 Å². The number of hydrogen-bond acceptors (Lipinski definition) is 12. The molecule has 10 atom stereocenters. The summed E-state index contributed by atoms with van der Waals surface area (Å²) in [7, 11) is 0. The highest BCUT2D eigenvalue weighted by atomic mass is 32.2. The van der Waals surface area contributed by atoms with Crippen molar-refractivity contribution >= 4 is 11.8 Å². The van der Waals surface area contributed by atoms with Crippen LogP contribution in [0.4, 0.5) is 0 Å². The second-order valence-corrected chi connectivity index (χ2v) is 8.78. The van der Waals surface area contributed by atoms with E-state index in [9.17, 15) is 35.7 Å². The summed E-state index contributed by atoms with van der Waals surface area (Å²) in [5.74, 6) is 0.674. The van der Waals surface area contributed by atoms with Gasteiger partial charge in [-0.3, -0.25) is 0 Å². The van der Waals surface area contributed by atoms with E-state index in [2.05, 4.69) is 0 Å². The Balaban J connectivity index is 1.99. The van der Waals surface area contributed by atoms with Crippen LogP contribution in [-0.2, 0) is 14.2 Å². The van der Waals surface area contributed by atoms with Crippen molar-refractivity contribution in [2.24, 2.45) is 5.73 Å². The maximum atomic E-state index is 10.7. The lowest BCUT2D eigenvalue weighted by Crippen LogP contribution is -2.64. The van der Waals surface area contributed by atoms with Crippen molar-refractivity contribution in [1.82, 2.24) is 0 Å². The molecule has 0 aliphatic carbocycles. The molecular weight excluding hydrogens is 422 g/mol. The number of nitrogens with two attached hydrogens (primary N) is 1. The zero-order valence-corrected chi connectivity index (χ0v) is 17.6. The molecule has 9 N–H and O–H groups in total. The Morgan fingerprint density at radius 1 is 0.733 bits per heavy atom. The molecule has 178 valence electrons. The summed E-state index contributed by atoms with van der Waals surface area (Å²) >= 11 is 1.32. The summed E-state index contributed by atoms with van der Waals surface area (Å²) in [6.45, 7) is -0.508. The van der Waals surface area contributed by atoms with Gasteiger partial charge in [-0.25, -0.2) is 0 Å². The minimum atomic E-state index is -1.67. The summed E-state index contributed by atoms with van der Waals surface area (Å²) < 4.78 is 16.5. The molecule has 0 saturated carbocycles. The highest BCUT2D eigenvalue weighted by Gasteiger charge is 2.50. The van der Waals surface area contributed by atoms with Crippen LogP contribution in [0.3, 0.4) is 0 Å². The lowest BCUT2D eigenvalue weighted by Gasteiger charge is -2.46. The van der Waals surface area contributed by atoms with Gasteiger partial charge in [0.15, 0.2) is 6.29 Å². The zero-order chi connectivity index (χ0) is 22.3. The van der Waals surface area contributed by atoms with Gasteiger partial charge in [-0.05, 0) is 25.1 Å². The van der Waals surface area contributed by atoms with Crippen LogP contribution in [0.2, 0.25) is 0 Å². The van der Waals surface area contributed by atoms with Crippen molar-refractivity contribution in [1.29, 1.82) is 0 Å². The summed E-state index contributed by atoms with van der Waals surface area (Å²) in [6.07, 6.45) is -8.86. The van der Waals surface area contributed by atoms with Crippen LogP contribution in [0.15, 0.2) is 0 Å². The van der Waals surface area contributed by atoms with E-state index in [-0.39, 0.29) is 0 Å². The van der Waals surface area contributed by atoms with Crippen LogP contribution >= 0.6 is 11.8 Å². The lowest BCUT2D eigenvalue weighted by atomic mass is 9.97. The number of ether oxygens (including phenoxy) is 3. The fourth-order valence-corrected chi connectivity index (χ4v) is 4.66. The molecule has 2 aliphatic heterocycles. The first-order valence-electron chi connectivity index (χ1n) is 10.3. The summed E-state index contributed by atoms with van der Waals surface area (Å²) in [5, 5.41) is 69.9. The summed E-state index contributed by atoms with van der Waals surface area (Å²) in [5.41, 5.74) is 4.67. The number of thioether (sulfide) groups is 1. The van der Waals surface area contributed by atoms with Gasteiger partial charge in [0.1, 0.15) is 54.3 Å². The highest BCUT2D eigenvalue weighted by Crippen LogP contribution is 2.33. The second kappa shape index (κ2) is 12.8. The van der Waals surface area contributed by atoms with Crippen molar-refractivity contribution in [3.05, 3.63) is 0 Å².